The molecule has 1 saturated carbocycles. The molecule has 3 aliphatic carbocycles. The van der Waals surface area contributed by atoms with Crippen LogP contribution < -0.4 is 0 Å². The summed E-state index contributed by atoms with van der Waals surface area (Å²) in [6.07, 6.45) is 11.8. The average molecular weight is 588 g/mol. The third kappa shape index (κ3) is 6.18. The summed E-state index contributed by atoms with van der Waals surface area (Å²) < 4.78 is 7.13. The monoisotopic (exact) mass is 587 g/mol. The van der Waals surface area contributed by atoms with Gasteiger partial charge in [0.25, 0.3) is 0 Å². The third-order valence-corrected chi connectivity index (χ3v) is 15.3. The summed E-state index contributed by atoms with van der Waals surface area (Å²) >= 11 is 0. The molecule has 3 nitrogen and oxygen atoms in total. The van der Waals surface area contributed by atoms with E-state index in [2.05, 4.69) is 98.8 Å². The molecule has 1 aromatic carbocycles. The van der Waals surface area contributed by atoms with Gasteiger partial charge < -0.3 is 9.53 Å². The second-order valence-electron chi connectivity index (χ2n) is 16.9. The zero-order valence-electron chi connectivity index (χ0n) is 28.3. The fourth-order valence-electron chi connectivity index (χ4n) is 7.22. The lowest BCUT2D eigenvalue weighted by Crippen LogP contribution is -2.41. The summed E-state index contributed by atoms with van der Waals surface area (Å²) in [4.78, 5) is 5.57. The van der Waals surface area contributed by atoms with E-state index in [1.807, 2.05) is 0 Å². The summed E-state index contributed by atoms with van der Waals surface area (Å²) in [7, 11) is -2.03. The van der Waals surface area contributed by atoms with Crippen molar-refractivity contribution in [3.8, 4) is 0 Å². The van der Waals surface area contributed by atoms with Crippen molar-refractivity contribution in [1.82, 2.24) is 4.98 Å². The predicted octanol–water partition coefficient (Wildman–Crippen LogP) is 10.4. The molecule has 3 aliphatic rings. The van der Waals surface area contributed by atoms with Crippen LogP contribution in [0.15, 0.2) is 36.1 Å². The maximum Gasteiger partial charge on any atom is 0.250 e. The number of hydrogen-bond donors (Lipinski definition) is 1. The quantitative estimate of drug-likeness (QED) is 0.342. The van der Waals surface area contributed by atoms with E-state index >= 15 is 0 Å². The lowest BCUT2D eigenvalue weighted by molar-refractivity contribution is 0.214. The molecule has 0 bridgehead atoms. The minimum Gasteiger partial charge on any atom is -0.546 e. The Kier molecular flexibility index (Phi) is 8.42. The van der Waals surface area contributed by atoms with Gasteiger partial charge in [0.1, 0.15) is 6.10 Å². The molecule has 0 amide bonds. The highest BCUT2D eigenvalue weighted by atomic mass is 28.4. The Labute approximate surface area is 257 Å². The van der Waals surface area contributed by atoms with Crippen LogP contribution in [-0.2, 0) is 22.7 Å². The molecule has 230 valence electrons. The van der Waals surface area contributed by atoms with Gasteiger partial charge in [0.15, 0.2) is 0 Å². The molecule has 5 rings (SSSR count). The number of nitrogens with zero attached hydrogens (tertiary/aromatic N) is 1. The van der Waals surface area contributed by atoms with Gasteiger partial charge in [0, 0.05) is 23.1 Å². The molecule has 42 heavy (non-hydrogen) atoms. The Bertz CT molecular complexity index is 1330. The van der Waals surface area contributed by atoms with Crippen molar-refractivity contribution in [2.45, 2.75) is 155 Å². The minimum atomic E-state index is -2.03. The van der Waals surface area contributed by atoms with Crippen LogP contribution in [-0.4, -0.2) is 18.4 Å². The van der Waals surface area contributed by atoms with Gasteiger partial charge in [-0.1, -0.05) is 92.5 Å². The fourth-order valence-corrected chi connectivity index (χ4v) is 8.34. The first-order valence-electron chi connectivity index (χ1n) is 16.7. The van der Waals surface area contributed by atoms with E-state index in [1.165, 1.54) is 53.8 Å². The summed E-state index contributed by atoms with van der Waals surface area (Å²) in [5.74, 6) is 1.77. The Balaban J connectivity index is 1.73. The van der Waals surface area contributed by atoms with Crippen LogP contribution in [0.5, 0.6) is 0 Å². The summed E-state index contributed by atoms with van der Waals surface area (Å²) in [6, 6.07) is 8.70. The number of aliphatic hydroxyl groups is 1. The molecule has 0 aliphatic heterocycles. The molecule has 1 fully saturated rings. The maximum atomic E-state index is 12.5. The highest BCUT2D eigenvalue weighted by molar-refractivity contribution is 6.74. The van der Waals surface area contributed by atoms with Crippen molar-refractivity contribution in [2.75, 3.05) is 0 Å². The van der Waals surface area contributed by atoms with Crippen molar-refractivity contribution >= 4 is 8.32 Å². The van der Waals surface area contributed by atoms with Gasteiger partial charge in [-0.15, -0.1) is 0 Å². The van der Waals surface area contributed by atoms with E-state index in [0.717, 1.165) is 49.0 Å². The third-order valence-electron chi connectivity index (χ3n) is 10.9. The van der Waals surface area contributed by atoms with Gasteiger partial charge in [-0.2, -0.15) is 0 Å². The average Bonchev–Trinajstić information content (AvgIpc) is 3.58. The first-order chi connectivity index (χ1) is 19.5. The van der Waals surface area contributed by atoms with Crippen LogP contribution >= 0.6 is 0 Å². The zero-order valence-corrected chi connectivity index (χ0v) is 29.3. The molecule has 0 unspecified atom stereocenters. The molecule has 2 aromatic rings. The number of hydrogen-bond acceptors (Lipinski definition) is 3. The van der Waals surface area contributed by atoms with Gasteiger partial charge in [0.05, 0.1) is 11.5 Å². The number of allylic oxidation sites excluding steroid dienone is 2. The Hall–Kier alpha value is -1.91. The van der Waals surface area contributed by atoms with Gasteiger partial charge in [-0.25, -0.2) is 0 Å². The molecule has 0 spiro atoms. The molecule has 0 radical (unpaired) electrons. The first-order valence-corrected chi connectivity index (χ1v) is 19.6. The molecule has 1 N–H and O–H groups in total. The predicted molar refractivity (Wildman–Crippen MR) is 179 cm³/mol. The van der Waals surface area contributed by atoms with Gasteiger partial charge >= 0.3 is 0 Å². The lowest BCUT2D eigenvalue weighted by atomic mass is 9.71. The number of fused-ring (bicyclic) bond motifs is 1. The fraction of sp³-hybridized carbons (Fsp3) is 0.658. The van der Waals surface area contributed by atoms with Crippen molar-refractivity contribution in [3.63, 3.8) is 0 Å². The number of aromatic nitrogens is 1. The van der Waals surface area contributed by atoms with E-state index in [4.69, 9.17) is 9.41 Å². The van der Waals surface area contributed by atoms with E-state index < -0.39 is 14.4 Å². The lowest BCUT2D eigenvalue weighted by Gasteiger charge is -2.40. The number of pyridine rings is 1. The topological polar surface area (TPSA) is 42.4 Å². The van der Waals surface area contributed by atoms with Gasteiger partial charge in [0.2, 0.25) is 8.32 Å². The molecule has 1 aromatic heterocycles. The van der Waals surface area contributed by atoms with Gasteiger partial charge in [-0.3, -0.25) is 4.98 Å². The molecule has 2 atom stereocenters. The number of rotatable bonds is 6. The number of aliphatic hydroxyl groups excluding tert-OH is 1. The summed E-state index contributed by atoms with van der Waals surface area (Å²) in [5, 5.41) is 12.7. The van der Waals surface area contributed by atoms with Crippen LogP contribution in [0.25, 0.3) is 0 Å². The molecular weight excluding hydrogens is 531 g/mol. The van der Waals surface area contributed by atoms with Crippen molar-refractivity contribution in [2.24, 2.45) is 5.41 Å². The molecule has 1 heterocycles. The van der Waals surface area contributed by atoms with Crippen LogP contribution in [0, 0.1) is 5.41 Å². The Morgan fingerprint density at radius 3 is 2.36 bits per heavy atom. The number of benzene rings is 1. The highest BCUT2D eigenvalue weighted by Gasteiger charge is 2.43. The normalized spacial score (nSPS) is 22.2. The summed E-state index contributed by atoms with van der Waals surface area (Å²) in [6.45, 7) is 23.3. The van der Waals surface area contributed by atoms with E-state index in [0.29, 0.717) is 5.92 Å². The molecular formula is C38H57NO2Si. The van der Waals surface area contributed by atoms with Crippen LogP contribution in [0.1, 0.15) is 157 Å². The van der Waals surface area contributed by atoms with E-state index in [1.54, 1.807) is 0 Å². The molecule has 0 saturated heterocycles. The van der Waals surface area contributed by atoms with E-state index in [-0.39, 0.29) is 21.8 Å². The van der Waals surface area contributed by atoms with E-state index in [9.17, 15) is 5.11 Å². The zero-order chi connectivity index (χ0) is 30.7. The molecule has 4 heteroatoms. The smallest absolute Gasteiger partial charge is 0.250 e. The second-order valence-corrected chi connectivity index (χ2v) is 21.7. The summed E-state index contributed by atoms with van der Waals surface area (Å²) in [5.41, 5.74) is 8.90. The van der Waals surface area contributed by atoms with Crippen LogP contribution in [0.4, 0.5) is 0 Å². The second kappa shape index (κ2) is 11.2. The van der Waals surface area contributed by atoms with Crippen LogP contribution in [0.2, 0.25) is 18.1 Å². The largest absolute Gasteiger partial charge is 0.546 e. The van der Waals surface area contributed by atoms with Crippen molar-refractivity contribution in [3.05, 3.63) is 75.3 Å². The minimum absolute atomic E-state index is 0.0187. The van der Waals surface area contributed by atoms with Crippen molar-refractivity contribution in [1.29, 1.82) is 0 Å². The Morgan fingerprint density at radius 2 is 1.71 bits per heavy atom. The SMILES string of the molecule is CC1(C)CCc2c(nc(C3CCCC3)c([C@H](O)c3cccc(C(C)(C)C)c3)c2[C@@H]2CCC=C2O[Si](C)(C)C(C)(C)C)C1. The van der Waals surface area contributed by atoms with Crippen LogP contribution in [0.3, 0.4) is 0 Å². The Morgan fingerprint density at radius 1 is 1.02 bits per heavy atom. The first kappa shape index (κ1) is 31.5. The van der Waals surface area contributed by atoms with Gasteiger partial charge in [-0.05, 0) is 102 Å². The highest BCUT2D eigenvalue weighted by Crippen LogP contribution is 2.51. The maximum absolute atomic E-state index is 12.5. The standard InChI is InChI=1S/C38H57NO2Si/c1-36(2,3)27-18-13-17-26(23-27)35(40)33-32(29-19-14-20-31(29)41-42(9,10)37(4,5)6)28-21-22-38(7,8)24-30(28)39-34(33)25-15-11-12-16-25/h13,17-18,20,23,25,29,35,40H,11-12,14-16,19,21-22,24H2,1-10H3/t29-,35-/m1/s1. The van der Waals surface area contributed by atoms with Crippen molar-refractivity contribution < 1.29 is 9.53 Å².